The summed E-state index contributed by atoms with van der Waals surface area (Å²) in [5, 5.41) is 14.5. The molecule has 2 amide bonds. The Hall–Kier alpha value is -3.16. The van der Waals surface area contributed by atoms with Crippen LogP contribution in [0.5, 0.6) is 0 Å². The van der Waals surface area contributed by atoms with Crippen molar-refractivity contribution in [2.24, 2.45) is 0 Å². The van der Waals surface area contributed by atoms with Gasteiger partial charge in [0.15, 0.2) is 0 Å². The molecule has 1 atom stereocenters. The molecule has 25 heavy (non-hydrogen) atoms. The van der Waals surface area contributed by atoms with Gasteiger partial charge in [-0.3, -0.25) is 0 Å². The summed E-state index contributed by atoms with van der Waals surface area (Å²) in [7, 11) is 0. The third kappa shape index (κ3) is 3.23. The standard InChI is InChI=1S/C17H19N7O/c1-12-15(10-23(22-12)14-5-3-2-4-6-14)21-17(25)20-13-7-8-16-18-11-19-24(16)9-13/h2-6,10-11,13H,7-9H2,1H3,(H2,20,21,25)/t13-/m1/s1. The van der Waals surface area contributed by atoms with Gasteiger partial charge in [-0.2, -0.15) is 10.2 Å². The van der Waals surface area contributed by atoms with Crippen LogP contribution in [-0.4, -0.2) is 36.6 Å². The topological polar surface area (TPSA) is 89.7 Å². The molecule has 1 aliphatic rings. The monoisotopic (exact) mass is 337 g/mol. The van der Waals surface area contributed by atoms with Crippen LogP contribution in [0.15, 0.2) is 42.9 Å². The predicted octanol–water partition coefficient (Wildman–Crippen LogP) is 1.91. The second-order valence-corrected chi connectivity index (χ2v) is 6.10. The Labute approximate surface area is 144 Å². The Bertz CT molecular complexity index is 884. The Morgan fingerprint density at radius 2 is 2.12 bits per heavy atom. The number of amides is 2. The van der Waals surface area contributed by atoms with Crippen molar-refractivity contribution in [3.05, 3.63) is 54.4 Å². The number of hydrogen-bond donors (Lipinski definition) is 2. The van der Waals surface area contributed by atoms with Gasteiger partial charge in [0.1, 0.15) is 12.2 Å². The lowest BCUT2D eigenvalue weighted by atomic mass is 10.1. The van der Waals surface area contributed by atoms with Gasteiger partial charge in [0.25, 0.3) is 0 Å². The molecule has 0 fully saturated rings. The zero-order valence-electron chi connectivity index (χ0n) is 13.9. The zero-order valence-corrected chi connectivity index (χ0v) is 13.9. The van der Waals surface area contributed by atoms with E-state index in [1.165, 1.54) is 0 Å². The lowest BCUT2D eigenvalue weighted by molar-refractivity contribution is 0.243. The third-order valence-corrected chi connectivity index (χ3v) is 4.31. The molecule has 2 aromatic heterocycles. The number of carbonyl (C=O) groups is 1. The van der Waals surface area contributed by atoms with E-state index in [-0.39, 0.29) is 12.1 Å². The molecular formula is C17H19N7O. The van der Waals surface area contributed by atoms with Crippen LogP contribution < -0.4 is 10.6 Å². The second-order valence-electron chi connectivity index (χ2n) is 6.10. The molecule has 2 N–H and O–H groups in total. The molecule has 0 saturated carbocycles. The first-order chi connectivity index (χ1) is 12.2. The molecule has 0 saturated heterocycles. The van der Waals surface area contributed by atoms with Crippen LogP contribution >= 0.6 is 0 Å². The minimum absolute atomic E-state index is 0.0404. The highest BCUT2D eigenvalue weighted by Crippen LogP contribution is 2.17. The largest absolute Gasteiger partial charge is 0.333 e. The van der Waals surface area contributed by atoms with E-state index in [1.54, 1.807) is 11.0 Å². The Kier molecular flexibility index (Phi) is 3.93. The smallest absolute Gasteiger partial charge is 0.319 e. The summed E-state index contributed by atoms with van der Waals surface area (Å²) >= 11 is 0. The van der Waals surface area contributed by atoms with Crippen LogP contribution in [0.1, 0.15) is 17.9 Å². The van der Waals surface area contributed by atoms with Gasteiger partial charge in [-0.05, 0) is 25.5 Å². The maximum absolute atomic E-state index is 12.3. The number of benzene rings is 1. The van der Waals surface area contributed by atoms with Crippen molar-refractivity contribution >= 4 is 11.7 Å². The van der Waals surface area contributed by atoms with E-state index in [2.05, 4.69) is 25.8 Å². The number of urea groups is 1. The van der Waals surface area contributed by atoms with Gasteiger partial charge in [0, 0.05) is 6.42 Å². The number of aromatic nitrogens is 5. The first-order valence-electron chi connectivity index (χ1n) is 8.25. The molecular weight excluding hydrogens is 318 g/mol. The maximum atomic E-state index is 12.3. The minimum atomic E-state index is -0.232. The normalized spacial score (nSPS) is 16.3. The number of anilines is 1. The Balaban J connectivity index is 1.41. The summed E-state index contributed by atoms with van der Waals surface area (Å²) in [6, 6.07) is 9.60. The van der Waals surface area contributed by atoms with Crippen LogP contribution in [0, 0.1) is 6.92 Å². The van der Waals surface area contributed by atoms with Crippen molar-refractivity contribution in [3.8, 4) is 5.69 Å². The molecule has 1 aliphatic heterocycles. The fraction of sp³-hybridized carbons (Fsp3) is 0.294. The molecule has 3 aromatic rings. The molecule has 0 bridgehead atoms. The molecule has 0 spiro atoms. The number of hydrogen-bond acceptors (Lipinski definition) is 4. The second kappa shape index (κ2) is 6.39. The fourth-order valence-corrected chi connectivity index (χ4v) is 2.99. The minimum Gasteiger partial charge on any atom is -0.333 e. The van der Waals surface area contributed by atoms with E-state index < -0.39 is 0 Å². The quantitative estimate of drug-likeness (QED) is 0.764. The number of rotatable bonds is 3. The summed E-state index contributed by atoms with van der Waals surface area (Å²) in [6.45, 7) is 2.52. The van der Waals surface area contributed by atoms with Crippen molar-refractivity contribution < 1.29 is 4.79 Å². The average Bonchev–Trinajstić information content (AvgIpc) is 3.22. The van der Waals surface area contributed by atoms with E-state index in [0.717, 1.165) is 30.0 Å². The number of nitrogens with one attached hydrogen (secondary N) is 2. The van der Waals surface area contributed by atoms with Gasteiger partial charge in [-0.15, -0.1) is 0 Å². The van der Waals surface area contributed by atoms with Crippen molar-refractivity contribution in [1.82, 2.24) is 29.9 Å². The predicted molar refractivity (Wildman–Crippen MR) is 92.6 cm³/mol. The molecule has 3 heterocycles. The Morgan fingerprint density at radius 3 is 2.96 bits per heavy atom. The van der Waals surface area contributed by atoms with Crippen molar-refractivity contribution in [2.75, 3.05) is 5.32 Å². The van der Waals surface area contributed by atoms with E-state index in [4.69, 9.17) is 0 Å². The van der Waals surface area contributed by atoms with Gasteiger partial charge < -0.3 is 10.6 Å². The van der Waals surface area contributed by atoms with Gasteiger partial charge >= 0.3 is 6.03 Å². The molecule has 0 radical (unpaired) electrons. The van der Waals surface area contributed by atoms with Gasteiger partial charge in [-0.25, -0.2) is 19.1 Å². The lowest BCUT2D eigenvalue weighted by Crippen LogP contribution is -2.43. The SMILES string of the molecule is Cc1nn(-c2ccccc2)cc1NC(=O)N[C@@H]1CCc2ncnn2C1. The van der Waals surface area contributed by atoms with Gasteiger partial charge in [-0.1, -0.05) is 18.2 Å². The molecule has 128 valence electrons. The van der Waals surface area contributed by atoms with Crippen molar-refractivity contribution in [1.29, 1.82) is 0 Å². The summed E-state index contributed by atoms with van der Waals surface area (Å²) in [6.07, 6.45) is 5.05. The molecule has 1 aromatic carbocycles. The van der Waals surface area contributed by atoms with Gasteiger partial charge in [0.2, 0.25) is 0 Å². The number of carbonyl (C=O) groups excluding carboxylic acids is 1. The number of para-hydroxylation sites is 1. The third-order valence-electron chi connectivity index (χ3n) is 4.31. The van der Waals surface area contributed by atoms with Gasteiger partial charge in [0.05, 0.1) is 35.9 Å². The van der Waals surface area contributed by atoms with Crippen LogP contribution in [0.4, 0.5) is 10.5 Å². The summed E-state index contributed by atoms with van der Waals surface area (Å²) in [4.78, 5) is 16.5. The number of fused-ring (bicyclic) bond motifs is 1. The van der Waals surface area contributed by atoms with E-state index in [1.807, 2.05) is 48.1 Å². The van der Waals surface area contributed by atoms with Crippen LogP contribution in [-0.2, 0) is 13.0 Å². The first-order valence-corrected chi connectivity index (χ1v) is 8.25. The van der Waals surface area contributed by atoms with E-state index >= 15 is 0 Å². The fourth-order valence-electron chi connectivity index (χ4n) is 2.99. The van der Waals surface area contributed by atoms with Crippen LogP contribution in [0.3, 0.4) is 0 Å². The lowest BCUT2D eigenvalue weighted by Gasteiger charge is -2.23. The summed E-state index contributed by atoms with van der Waals surface area (Å²) in [5.41, 5.74) is 2.41. The number of aryl methyl sites for hydroxylation is 2. The van der Waals surface area contributed by atoms with Crippen LogP contribution in [0.25, 0.3) is 5.69 Å². The van der Waals surface area contributed by atoms with Crippen molar-refractivity contribution in [3.63, 3.8) is 0 Å². The van der Waals surface area contributed by atoms with Crippen molar-refractivity contribution in [2.45, 2.75) is 32.4 Å². The first kappa shape index (κ1) is 15.4. The molecule has 8 nitrogen and oxygen atoms in total. The Morgan fingerprint density at radius 1 is 1.28 bits per heavy atom. The molecule has 8 heteroatoms. The molecule has 4 rings (SSSR count). The average molecular weight is 337 g/mol. The number of nitrogens with zero attached hydrogens (tertiary/aromatic N) is 5. The summed E-state index contributed by atoms with van der Waals surface area (Å²) in [5.74, 6) is 0.971. The maximum Gasteiger partial charge on any atom is 0.319 e. The van der Waals surface area contributed by atoms with Crippen LogP contribution in [0.2, 0.25) is 0 Å². The highest BCUT2D eigenvalue weighted by Gasteiger charge is 2.21. The van der Waals surface area contributed by atoms with E-state index in [9.17, 15) is 4.79 Å². The zero-order chi connectivity index (χ0) is 17.2. The van der Waals surface area contributed by atoms with E-state index in [0.29, 0.717) is 12.2 Å². The molecule has 0 aliphatic carbocycles. The highest BCUT2D eigenvalue weighted by atomic mass is 16.2. The summed E-state index contributed by atoms with van der Waals surface area (Å²) < 4.78 is 3.60. The molecule has 0 unspecified atom stereocenters. The highest BCUT2D eigenvalue weighted by molar-refractivity contribution is 5.89.